The van der Waals surface area contributed by atoms with Crippen molar-refractivity contribution in [2.45, 2.75) is 24.2 Å². The fourth-order valence-corrected chi connectivity index (χ4v) is 3.96. The van der Waals surface area contributed by atoms with E-state index in [1.165, 1.54) is 11.8 Å². The molecule has 3 atom stereocenters. The molecular weight excluding hydrogens is 449 g/mol. The van der Waals surface area contributed by atoms with Crippen molar-refractivity contribution in [3.8, 4) is 11.6 Å². The highest BCUT2D eigenvalue weighted by molar-refractivity contribution is 9.10. The molecule has 3 rings (SSSR count). The van der Waals surface area contributed by atoms with Gasteiger partial charge in [-0.3, -0.25) is 0 Å². The number of nitrogens with zero attached hydrogens (tertiary/aromatic N) is 2. The summed E-state index contributed by atoms with van der Waals surface area (Å²) in [5, 5.41) is 13.9. The van der Waals surface area contributed by atoms with Gasteiger partial charge in [-0.25, -0.2) is 9.37 Å². The summed E-state index contributed by atoms with van der Waals surface area (Å²) in [7, 11) is 1.86. The first-order valence-electron chi connectivity index (χ1n) is 7.91. The summed E-state index contributed by atoms with van der Waals surface area (Å²) < 4.78 is 26.3. The molecule has 1 aromatic carbocycles. The zero-order valence-electron chi connectivity index (χ0n) is 14.3. The summed E-state index contributed by atoms with van der Waals surface area (Å²) in [6.07, 6.45) is 1.44. The molecule has 26 heavy (non-hydrogen) atoms. The molecule has 1 aromatic heterocycles. The molecule has 6 nitrogen and oxygen atoms in total. The third kappa shape index (κ3) is 3.47. The maximum absolute atomic E-state index is 14.7. The Bertz CT molecular complexity index is 844. The zero-order chi connectivity index (χ0) is 19.0. The molecular formula is C16H18BrClFN3O3S. The first kappa shape index (κ1) is 19.9. The van der Waals surface area contributed by atoms with Gasteiger partial charge in [-0.15, -0.1) is 0 Å². The summed E-state index contributed by atoms with van der Waals surface area (Å²) in [5.74, 6) is -0.823. The van der Waals surface area contributed by atoms with Crippen LogP contribution in [0, 0.1) is 11.7 Å². The van der Waals surface area contributed by atoms with Crippen molar-refractivity contribution in [1.82, 2.24) is 15.3 Å². The summed E-state index contributed by atoms with van der Waals surface area (Å²) in [5.41, 5.74) is -0.0480. The van der Waals surface area contributed by atoms with Crippen molar-refractivity contribution in [1.29, 1.82) is 0 Å². The number of ether oxygens (including phenoxy) is 2. The van der Waals surface area contributed by atoms with Gasteiger partial charge in [0.25, 0.3) is 0 Å². The molecule has 2 aromatic rings. The van der Waals surface area contributed by atoms with Crippen molar-refractivity contribution in [2.24, 2.45) is 5.92 Å². The van der Waals surface area contributed by atoms with Crippen LogP contribution in [0.1, 0.15) is 6.92 Å². The van der Waals surface area contributed by atoms with Gasteiger partial charge in [0.1, 0.15) is 22.0 Å². The van der Waals surface area contributed by atoms with E-state index in [9.17, 15) is 9.50 Å². The number of halogens is 3. The Kier molecular flexibility index (Phi) is 6.13. The van der Waals surface area contributed by atoms with Crippen molar-refractivity contribution in [2.75, 3.05) is 26.5 Å². The molecule has 142 valence electrons. The van der Waals surface area contributed by atoms with E-state index in [4.69, 9.17) is 21.1 Å². The second kappa shape index (κ2) is 8.02. The lowest BCUT2D eigenvalue weighted by atomic mass is 9.98. The molecule has 3 unspecified atom stereocenters. The van der Waals surface area contributed by atoms with Crippen molar-refractivity contribution in [3.05, 3.63) is 15.3 Å². The van der Waals surface area contributed by atoms with Gasteiger partial charge < -0.3 is 19.9 Å². The fourth-order valence-electron chi connectivity index (χ4n) is 3.01. The van der Waals surface area contributed by atoms with Crippen LogP contribution in [0.25, 0.3) is 10.9 Å². The average molecular weight is 467 g/mol. The van der Waals surface area contributed by atoms with Crippen LogP contribution in [-0.2, 0) is 4.74 Å². The van der Waals surface area contributed by atoms with Gasteiger partial charge >= 0.3 is 0 Å². The predicted octanol–water partition coefficient (Wildman–Crippen LogP) is 3.61. The molecule has 10 heteroatoms. The van der Waals surface area contributed by atoms with E-state index in [2.05, 4.69) is 31.2 Å². The third-order valence-corrected chi connectivity index (χ3v) is 6.35. The van der Waals surface area contributed by atoms with Gasteiger partial charge in [0.15, 0.2) is 16.7 Å². The highest BCUT2D eigenvalue weighted by Crippen LogP contribution is 2.45. The summed E-state index contributed by atoms with van der Waals surface area (Å²) in [6.45, 7) is 3.00. The summed E-state index contributed by atoms with van der Waals surface area (Å²) in [4.78, 5) is 8.14. The van der Waals surface area contributed by atoms with Crippen LogP contribution in [0.5, 0.6) is 11.6 Å². The lowest BCUT2D eigenvalue weighted by Gasteiger charge is -2.26. The van der Waals surface area contributed by atoms with Crippen LogP contribution in [0.3, 0.4) is 0 Å². The van der Waals surface area contributed by atoms with E-state index < -0.39 is 5.82 Å². The molecule has 2 heterocycles. The second-order valence-electron chi connectivity index (χ2n) is 5.95. The standard InChI is InChI=1S/C16H18BrClFN3O3S/c1-6(7-4-24-5-8(7)20-2)25-14-9-13(12(19)10(17)11(14)18)21-16(26-3)22-15(9)23/h6-8,20H,4-5H2,1-3H3,(H,21,22,23). The molecule has 0 amide bonds. The van der Waals surface area contributed by atoms with Crippen LogP contribution in [-0.4, -0.2) is 53.7 Å². The van der Waals surface area contributed by atoms with Crippen molar-refractivity contribution in [3.63, 3.8) is 0 Å². The molecule has 1 aliphatic rings. The maximum atomic E-state index is 14.7. The highest BCUT2D eigenvalue weighted by Gasteiger charge is 2.34. The monoisotopic (exact) mass is 465 g/mol. The van der Waals surface area contributed by atoms with E-state index in [1.54, 1.807) is 6.26 Å². The average Bonchev–Trinajstić information content (AvgIpc) is 3.11. The minimum Gasteiger partial charge on any atom is -0.493 e. The predicted molar refractivity (Wildman–Crippen MR) is 103 cm³/mol. The second-order valence-corrected chi connectivity index (χ2v) is 7.89. The number of aromatic nitrogens is 2. The lowest BCUT2D eigenvalue weighted by Crippen LogP contribution is -2.40. The number of rotatable bonds is 5. The van der Waals surface area contributed by atoms with Gasteiger partial charge in [0, 0.05) is 12.0 Å². The van der Waals surface area contributed by atoms with Gasteiger partial charge in [-0.1, -0.05) is 23.4 Å². The van der Waals surface area contributed by atoms with Gasteiger partial charge in [0.2, 0.25) is 5.88 Å². The van der Waals surface area contributed by atoms with E-state index in [0.29, 0.717) is 13.2 Å². The van der Waals surface area contributed by atoms with Crippen LogP contribution in [0.2, 0.25) is 5.02 Å². The summed E-state index contributed by atoms with van der Waals surface area (Å²) >= 11 is 10.7. The van der Waals surface area contributed by atoms with Gasteiger partial charge in [0.05, 0.1) is 17.7 Å². The number of thioether (sulfide) groups is 1. The van der Waals surface area contributed by atoms with Crippen molar-refractivity contribution >= 4 is 50.2 Å². The lowest BCUT2D eigenvalue weighted by molar-refractivity contribution is 0.121. The maximum Gasteiger partial charge on any atom is 0.226 e. The molecule has 0 radical (unpaired) electrons. The number of hydrogen-bond acceptors (Lipinski definition) is 7. The Morgan fingerprint density at radius 1 is 1.46 bits per heavy atom. The van der Waals surface area contributed by atoms with E-state index >= 15 is 0 Å². The number of hydrogen-bond donors (Lipinski definition) is 2. The Labute approximate surface area is 167 Å². The normalized spacial score (nSPS) is 21.3. The van der Waals surface area contributed by atoms with E-state index in [1.807, 2.05) is 14.0 Å². The number of nitrogens with one attached hydrogen (secondary N) is 1. The minimum atomic E-state index is -0.671. The molecule has 1 saturated heterocycles. The quantitative estimate of drug-likeness (QED) is 0.396. The molecule has 0 spiro atoms. The van der Waals surface area contributed by atoms with E-state index in [-0.39, 0.29) is 55.2 Å². The Balaban J connectivity index is 2.10. The Morgan fingerprint density at radius 3 is 2.85 bits per heavy atom. The number of benzene rings is 1. The first-order valence-corrected chi connectivity index (χ1v) is 10.3. The van der Waals surface area contributed by atoms with Crippen LogP contribution < -0.4 is 10.1 Å². The molecule has 2 N–H and O–H groups in total. The summed E-state index contributed by atoms with van der Waals surface area (Å²) in [6, 6.07) is 0.131. The van der Waals surface area contributed by atoms with E-state index in [0.717, 1.165) is 0 Å². The van der Waals surface area contributed by atoms with Gasteiger partial charge in [-0.2, -0.15) is 4.98 Å². The topological polar surface area (TPSA) is 76.5 Å². The number of fused-ring (bicyclic) bond motifs is 1. The smallest absolute Gasteiger partial charge is 0.226 e. The minimum absolute atomic E-state index is 0.0255. The fraction of sp³-hybridized carbons (Fsp3) is 0.500. The molecule has 0 aliphatic carbocycles. The van der Waals surface area contributed by atoms with Crippen LogP contribution >= 0.6 is 39.3 Å². The third-order valence-electron chi connectivity index (χ3n) is 4.47. The zero-order valence-corrected chi connectivity index (χ0v) is 17.5. The molecule has 1 aliphatic heterocycles. The van der Waals surface area contributed by atoms with Crippen LogP contribution in [0.15, 0.2) is 9.63 Å². The SMILES string of the molecule is CNC1COCC1C(C)Oc1c(Cl)c(Br)c(F)c2nc(SC)nc(O)c12. The molecule has 1 fully saturated rings. The molecule has 0 bridgehead atoms. The Morgan fingerprint density at radius 2 is 2.19 bits per heavy atom. The van der Waals surface area contributed by atoms with Gasteiger partial charge in [-0.05, 0) is 36.2 Å². The highest BCUT2D eigenvalue weighted by atomic mass is 79.9. The Hall–Kier alpha value is -0.870. The largest absolute Gasteiger partial charge is 0.493 e. The molecule has 0 saturated carbocycles. The number of likely N-dealkylation sites (N-methyl/N-ethyl adjacent to an activating group) is 1. The van der Waals surface area contributed by atoms with Crippen LogP contribution in [0.4, 0.5) is 4.39 Å². The van der Waals surface area contributed by atoms with Crippen molar-refractivity contribution < 1.29 is 19.0 Å². The number of aromatic hydroxyl groups is 1. The first-order chi connectivity index (χ1) is 12.4.